The summed E-state index contributed by atoms with van der Waals surface area (Å²) in [6.07, 6.45) is 1.85. The van der Waals surface area contributed by atoms with E-state index in [1.807, 2.05) is 24.3 Å². The molecule has 1 nitrogen and oxygen atoms in total. The second-order valence-electron chi connectivity index (χ2n) is 5.33. The number of aliphatic hydroxyl groups excluding tert-OH is 1. The van der Waals surface area contributed by atoms with Gasteiger partial charge in [-0.3, -0.25) is 0 Å². The van der Waals surface area contributed by atoms with Crippen LogP contribution >= 0.6 is 11.6 Å². The van der Waals surface area contributed by atoms with Gasteiger partial charge >= 0.3 is 0 Å². The smallest absolute Gasteiger partial charge is 0.0819 e. The second-order valence-corrected chi connectivity index (χ2v) is 5.77. The normalized spacial score (nSPS) is 22.1. The van der Waals surface area contributed by atoms with E-state index in [0.717, 1.165) is 18.4 Å². The molecule has 1 aromatic carbocycles. The lowest BCUT2D eigenvalue weighted by Crippen LogP contribution is -2.35. The Morgan fingerprint density at radius 3 is 2.60 bits per heavy atom. The van der Waals surface area contributed by atoms with Gasteiger partial charge < -0.3 is 5.11 Å². The van der Waals surface area contributed by atoms with Crippen molar-refractivity contribution in [3.63, 3.8) is 0 Å². The molecule has 1 atom stereocenters. The second kappa shape index (κ2) is 3.80. The van der Waals surface area contributed by atoms with Gasteiger partial charge in [0.05, 0.1) is 6.10 Å². The van der Waals surface area contributed by atoms with Crippen molar-refractivity contribution < 1.29 is 5.11 Å². The van der Waals surface area contributed by atoms with Crippen molar-refractivity contribution in [1.29, 1.82) is 0 Å². The molecule has 1 N–H and O–H groups in total. The van der Waals surface area contributed by atoms with Crippen molar-refractivity contribution >= 4 is 11.6 Å². The lowest BCUT2D eigenvalue weighted by molar-refractivity contribution is -0.0146. The van der Waals surface area contributed by atoms with Gasteiger partial charge in [-0.15, -0.1) is 0 Å². The van der Waals surface area contributed by atoms with Crippen LogP contribution in [0.15, 0.2) is 24.3 Å². The summed E-state index contributed by atoms with van der Waals surface area (Å²) in [6.45, 7) is 4.49. The SMILES string of the molecule is CC1(C)CC([C@H](O)c2cccc(Cl)c2)C1. The van der Waals surface area contributed by atoms with Gasteiger partial charge in [-0.1, -0.05) is 37.6 Å². The maximum Gasteiger partial charge on any atom is 0.0819 e. The topological polar surface area (TPSA) is 20.2 Å². The zero-order chi connectivity index (χ0) is 11.1. The van der Waals surface area contributed by atoms with E-state index >= 15 is 0 Å². The summed E-state index contributed by atoms with van der Waals surface area (Å²) in [5, 5.41) is 10.8. The summed E-state index contributed by atoms with van der Waals surface area (Å²) < 4.78 is 0. The Bertz CT molecular complexity index is 351. The Morgan fingerprint density at radius 2 is 2.07 bits per heavy atom. The van der Waals surface area contributed by atoms with Crippen molar-refractivity contribution in [3.8, 4) is 0 Å². The number of hydrogen-bond donors (Lipinski definition) is 1. The molecular weight excluding hydrogens is 208 g/mol. The molecule has 1 aromatic rings. The lowest BCUT2D eigenvalue weighted by Gasteiger charge is -2.45. The molecule has 0 radical (unpaired) electrons. The quantitative estimate of drug-likeness (QED) is 0.810. The van der Waals surface area contributed by atoms with Gasteiger partial charge in [-0.2, -0.15) is 0 Å². The predicted molar refractivity (Wildman–Crippen MR) is 62.9 cm³/mol. The van der Waals surface area contributed by atoms with Crippen LogP contribution in [0.4, 0.5) is 0 Å². The maximum atomic E-state index is 10.1. The first kappa shape index (κ1) is 11.0. The van der Waals surface area contributed by atoms with Gasteiger partial charge in [0.1, 0.15) is 0 Å². The first-order valence-electron chi connectivity index (χ1n) is 5.41. The van der Waals surface area contributed by atoms with Crippen LogP contribution in [0.2, 0.25) is 5.02 Å². The molecule has 2 rings (SSSR count). The number of hydrogen-bond acceptors (Lipinski definition) is 1. The number of benzene rings is 1. The van der Waals surface area contributed by atoms with Crippen molar-refractivity contribution in [3.05, 3.63) is 34.9 Å². The Labute approximate surface area is 96.1 Å². The van der Waals surface area contributed by atoms with E-state index in [4.69, 9.17) is 11.6 Å². The van der Waals surface area contributed by atoms with E-state index < -0.39 is 0 Å². The predicted octanol–water partition coefficient (Wildman–Crippen LogP) is 3.81. The highest BCUT2D eigenvalue weighted by atomic mass is 35.5. The summed E-state index contributed by atoms with van der Waals surface area (Å²) in [6, 6.07) is 7.53. The van der Waals surface area contributed by atoms with E-state index in [1.165, 1.54) is 0 Å². The fourth-order valence-corrected chi connectivity index (χ4v) is 2.74. The minimum absolute atomic E-state index is 0.350. The molecule has 1 fully saturated rings. The van der Waals surface area contributed by atoms with Crippen LogP contribution in [0.5, 0.6) is 0 Å². The number of rotatable bonds is 2. The fourth-order valence-electron chi connectivity index (χ4n) is 2.55. The highest BCUT2D eigenvalue weighted by Crippen LogP contribution is 2.50. The molecule has 1 aliphatic carbocycles. The molecular formula is C13H17ClO. The molecule has 0 heterocycles. The molecule has 0 aromatic heterocycles. The number of aliphatic hydroxyl groups is 1. The first-order valence-corrected chi connectivity index (χ1v) is 5.79. The van der Waals surface area contributed by atoms with Gasteiger partial charge in [-0.05, 0) is 41.9 Å². The summed E-state index contributed by atoms with van der Waals surface area (Å²) in [4.78, 5) is 0. The van der Waals surface area contributed by atoms with Crippen LogP contribution in [0.1, 0.15) is 38.4 Å². The molecule has 0 bridgehead atoms. The summed E-state index contributed by atoms with van der Waals surface area (Å²) in [7, 11) is 0. The Morgan fingerprint density at radius 1 is 1.40 bits per heavy atom. The van der Waals surface area contributed by atoms with Gasteiger partial charge in [0.15, 0.2) is 0 Å². The van der Waals surface area contributed by atoms with Crippen molar-refractivity contribution in [2.75, 3.05) is 0 Å². The summed E-state index contributed by atoms with van der Waals surface area (Å²) in [5.41, 5.74) is 1.35. The molecule has 1 saturated carbocycles. The minimum atomic E-state index is -0.350. The van der Waals surface area contributed by atoms with Crippen molar-refractivity contribution in [2.45, 2.75) is 32.8 Å². The van der Waals surface area contributed by atoms with E-state index in [2.05, 4.69) is 13.8 Å². The standard InChI is InChI=1S/C13H17ClO/c1-13(2)7-10(8-13)12(15)9-4-3-5-11(14)6-9/h3-6,10,12,15H,7-8H2,1-2H3/t12-/m1/s1. The summed E-state index contributed by atoms with van der Waals surface area (Å²) >= 11 is 5.90. The van der Waals surface area contributed by atoms with E-state index in [-0.39, 0.29) is 6.10 Å². The lowest BCUT2D eigenvalue weighted by atomic mass is 9.62. The third-order valence-electron chi connectivity index (χ3n) is 3.27. The monoisotopic (exact) mass is 224 g/mol. The molecule has 1 aliphatic rings. The van der Waals surface area contributed by atoms with Gasteiger partial charge in [0.25, 0.3) is 0 Å². The van der Waals surface area contributed by atoms with Gasteiger partial charge in [0.2, 0.25) is 0 Å². The van der Waals surface area contributed by atoms with Gasteiger partial charge in [-0.25, -0.2) is 0 Å². The molecule has 2 heteroatoms. The zero-order valence-electron chi connectivity index (χ0n) is 9.20. The van der Waals surface area contributed by atoms with Crippen LogP contribution in [0.25, 0.3) is 0 Å². The van der Waals surface area contributed by atoms with E-state index in [0.29, 0.717) is 16.4 Å². The van der Waals surface area contributed by atoms with E-state index in [1.54, 1.807) is 0 Å². The molecule has 0 aliphatic heterocycles. The number of halogens is 1. The van der Waals surface area contributed by atoms with Crippen LogP contribution < -0.4 is 0 Å². The highest BCUT2D eigenvalue weighted by molar-refractivity contribution is 6.30. The molecule has 15 heavy (non-hydrogen) atoms. The third-order valence-corrected chi connectivity index (χ3v) is 3.50. The van der Waals surface area contributed by atoms with Crippen molar-refractivity contribution in [2.24, 2.45) is 11.3 Å². The van der Waals surface area contributed by atoms with Crippen molar-refractivity contribution in [1.82, 2.24) is 0 Å². The zero-order valence-corrected chi connectivity index (χ0v) is 9.96. The molecule has 0 amide bonds. The van der Waals surface area contributed by atoms with Crippen LogP contribution in [-0.2, 0) is 0 Å². The largest absolute Gasteiger partial charge is 0.388 e. The molecule has 0 spiro atoms. The maximum absolute atomic E-state index is 10.1. The third kappa shape index (κ3) is 2.35. The van der Waals surface area contributed by atoms with Gasteiger partial charge in [0, 0.05) is 5.02 Å². The van der Waals surface area contributed by atoms with Crippen LogP contribution in [0, 0.1) is 11.3 Å². The Hall–Kier alpha value is -0.530. The summed E-state index contributed by atoms with van der Waals surface area (Å²) in [5.74, 6) is 0.401. The molecule has 82 valence electrons. The highest BCUT2D eigenvalue weighted by Gasteiger charge is 2.40. The first-order chi connectivity index (χ1) is 6.98. The van der Waals surface area contributed by atoms with Crippen LogP contribution in [0.3, 0.4) is 0 Å². The fraction of sp³-hybridized carbons (Fsp3) is 0.538. The Kier molecular flexibility index (Phi) is 2.78. The molecule has 0 unspecified atom stereocenters. The van der Waals surface area contributed by atoms with E-state index in [9.17, 15) is 5.11 Å². The van der Waals surface area contributed by atoms with Crippen LogP contribution in [-0.4, -0.2) is 5.11 Å². The molecule has 0 saturated heterocycles. The average molecular weight is 225 g/mol. The Balaban J connectivity index is 2.06. The minimum Gasteiger partial charge on any atom is -0.388 e. The average Bonchev–Trinajstić information content (AvgIpc) is 2.13.